The Morgan fingerprint density at radius 1 is 1.10 bits per heavy atom. The smallest absolute Gasteiger partial charge is 0.226 e. The number of thioether (sulfide) groups is 1. The first-order valence-corrected chi connectivity index (χ1v) is 11.4. The first-order chi connectivity index (χ1) is 15.3. The molecule has 3 heterocycles. The van der Waals surface area contributed by atoms with Crippen LogP contribution < -0.4 is 0 Å². The van der Waals surface area contributed by atoms with Gasteiger partial charge >= 0.3 is 0 Å². The van der Waals surface area contributed by atoms with E-state index in [1.54, 1.807) is 18.0 Å². The van der Waals surface area contributed by atoms with Crippen LogP contribution in [-0.2, 0) is 5.75 Å². The second-order valence-corrected chi connectivity index (χ2v) is 8.90. The van der Waals surface area contributed by atoms with Gasteiger partial charge in [0.2, 0.25) is 5.89 Å². The maximum absolute atomic E-state index is 5.71. The topological polar surface area (TPSA) is 72.5 Å². The van der Waals surface area contributed by atoms with Crippen LogP contribution in [0, 0.1) is 6.92 Å². The summed E-state index contributed by atoms with van der Waals surface area (Å²) in [5.74, 6) is 2.27. The van der Waals surface area contributed by atoms with Crippen molar-refractivity contribution in [2.24, 2.45) is 0 Å². The molecule has 1 aliphatic carbocycles. The molecule has 1 aliphatic rings. The molecule has 1 saturated carbocycles. The van der Waals surface area contributed by atoms with E-state index in [-0.39, 0.29) is 0 Å². The van der Waals surface area contributed by atoms with Gasteiger partial charge in [-0.05, 0) is 38.0 Å². The molecule has 6 rings (SSSR count). The van der Waals surface area contributed by atoms with Crippen molar-refractivity contribution in [2.75, 3.05) is 0 Å². The normalized spacial score (nSPS) is 13.8. The van der Waals surface area contributed by atoms with Crippen molar-refractivity contribution in [1.29, 1.82) is 0 Å². The minimum atomic E-state index is 0.474. The molecule has 6 nitrogen and oxygen atoms in total. The molecule has 0 spiro atoms. The number of benzene rings is 2. The minimum Gasteiger partial charge on any atom is -0.444 e. The Hall–Kier alpha value is -3.32. The Bertz CT molecular complexity index is 1360. The fraction of sp³-hybridized carbons (Fsp3) is 0.208. The molecular weight excluding hydrogens is 406 g/mol. The molecule has 5 aromatic rings. The Balaban J connectivity index is 1.26. The highest BCUT2D eigenvalue weighted by molar-refractivity contribution is 7.98. The average molecular weight is 428 g/mol. The molecule has 154 valence electrons. The molecule has 0 unspecified atom stereocenters. The Kier molecular flexibility index (Phi) is 4.42. The molecule has 3 aromatic heterocycles. The van der Waals surface area contributed by atoms with Crippen LogP contribution in [0.15, 0.2) is 70.6 Å². The second kappa shape index (κ2) is 7.42. The SMILES string of the molecule is Cc1ccc(-c2nc(CSc3nnc(-c4c[nH]c5ccccc45)n3C3CC3)co2)cc1. The van der Waals surface area contributed by atoms with E-state index in [1.807, 2.05) is 24.4 Å². The highest BCUT2D eigenvalue weighted by atomic mass is 32.2. The summed E-state index contributed by atoms with van der Waals surface area (Å²) in [5, 5.41) is 11.2. The van der Waals surface area contributed by atoms with E-state index >= 15 is 0 Å². The number of aromatic amines is 1. The highest BCUT2D eigenvalue weighted by Gasteiger charge is 2.31. The van der Waals surface area contributed by atoms with Crippen LogP contribution >= 0.6 is 11.8 Å². The number of oxazole rings is 1. The molecule has 0 atom stereocenters. The van der Waals surface area contributed by atoms with Crippen molar-refractivity contribution in [3.63, 3.8) is 0 Å². The van der Waals surface area contributed by atoms with Crippen LogP contribution in [0.5, 0.6) is 0 Å². The number of nitrogens with one attached hydrogen (secondary N) is 1. The number of rotatable bonds is 6. The summed E-state index contributed by atoms with van der Waals surface area (Å²) in [6, 6.07) is 17.0. The zero-order valence-electron chi connectivity index (χ0n) is 17.1. The number of fused-ring (bicyclic) bond motifs is 1. The van der Waals surface area contributed by atoms with Crippen LogP contribution in [0.25, 0.3) is 33.7 Å². The molecule has 0 saturated heterocycles. The molecule has 1 fully saturated rings. The van der Waals surface area contributed by atoms with Crippen molar-refractivity contribution in [3.05, 3.63) is 72.2 Å². The first kappa shape index (κ1) is 18.4. The number of aromatic nitrogens is 5. The van der Waals surface area contributed by atoms with Gasteiger partial charge in [-0.25, -0.2) is 4.98 Å². The van der Waals surface area contributed by atoms with E-state index in [9.17, 15) is 0 Å². The van der Waals surface area contributed by atoms with Gasteiger partial charge in [-0.3, -0.25) is 4.57 Å². The van der Waals surface area contributed by atoms with E-state index in [0.717, 1.165) is 33.3 Å². The van der Waals surface area contributed by atoms with Gasteiger partial charge in [-0.1, -0.05) is 47.7 Å². The lowest BCUT2D eigenvalue weighted by Crippen LogP contribution is -1.99. The van der Waals surface area contributed by atoms with Gasteiger partial charge in [0, 0.05) is 40.0 Å². The van der Waals surface area contributed by atoms with Crippen molar-refractivity contribution in [1.82, 2.24) is 24.7 Å². The minimum absolute atomic E-state index is 0.474. The van der Waals surface area contributed by atoms with Crippen molar-refractivity contribution < 1.29 is 4.42 Å². The number of hydrogen-bond donors (Lipinski definition) is 1. The number of nitrogens with zero attached hydrogens (tertiary/aromatic N) is 4. The Morgan fingerprint density at radius 2 is 1.94 bits per heavy atom. The molecule has 0 aliphatic heterocycles. The summed E-state index contributed by atoms with van der Waals surface area (Å²) in [4.78, 5) is 8.01. The predicted molar refractivity (Wildman–Crippen MR) is 122 cm³/mol. The van der Waals surface area contributed by atoms with Crippen LogP contribution in [0.2, 0.25) is 0 Å². The van der Waals surface area contributed by atoms with Crippen molar-refractivity contribution >= 4 is 22.7 Å². The molecule has 2 aromatic carbocycles. The predicted octanol–water partition coefficient (Wildman–Crippen LogP) is 6.02. The van der Waals surface area contributed by atoms with Gasteiger partial charge in [0.1, 0.15) is 6.26 Å². The maximum atomic E-state index is 5.71. The lowest BCUT2D eigenvalue weighted by Gasteiger charge is -2.07. The van der Waals surface area contributed by atoms with Crippen molar-refractivity contribution in [3.8, 4) is 22.8 Å². The first-order valence-electron chi connectivity index (χ1n) is 10.4. The largest absolute Gasteiger partial charge is 0.444 e. The third-order valence-corrected chi connectivity index (χ3v) is 6.58. The fourth-order valence-electron chi connectivity index (χ4n) is 3.82. The monoisotopic (exact) mass is 427 g/mol. The fourth-order valence-corrected chi connectivity index (χ4v) is 4.70. The molecule has 0 amide bonds. The lowest BCUT2D eigenvalue weighted by molar-refractivity contribution is 0.573. The number of hydrogen-bond acceptors (Lipinski definition) is 5. The van der Waals surface area contributed by atoms with Crippen LogP contribution in [0.1, 0.15) is 30.1 Å². The molecule has 0 radical (unpaired) electrons. The number of H-pyrrole nitrogens is 1. The van der Waals surface area contributed by atoms with Crippen molar-refractivity contribution in [2.45, 2.75) is 36.7 Å². The summed E-state index contributed by atoms with van der Waals surface area (Å²) < 4.78 is 8.00. The van der Waals surface area contributed by atoms with E-state index in [0.29, 0.717) is 17.7 Å². The summed E-state index contributed by atoms with van der Waals surface area (Å²) >= 11 is 1.66. The third-order valence-electron chi connectivity index (χ3n) is 5.61. The van der Waals surface area contributed by atoms with Gasteiger partial charge in [0.25, 0.3) is 0 Å². The lowest BCUT2D eigenvalue weighted by atomic mass is 10.1. The summed E-state index contributed by atoms with van der Waals surface area (Å²) in [6.45, 7) is 2.07. The average Bonchev–Trinajstić information content (AvgIpc) is 3.20. The number of para-hydroxylation sites is 1. The zero-order chi connectivity index (χ0) is 20.8. The van der Waals surface area contributed by atoms with E-state index in [4.69, 9.17) is 4.42 Å². The summed E-state index contributed by atoms with van der Waals surface area (Å²) in [5.41, 5.74) is 5.33. The molecule has 7 heteroatoms. The summed E-state index contributed by atoms with van der Waals surface area (Å²) in [7, 11) is 0. The Morgan fingerprint density at radius 3 is 2.77 bits per heavy atom. The quantitative estimate of drug-likeness (QED) is 0.336. The third kappa shape index (κ3) is 3.45. The zero-order valence-corrected chi connectivity index (χ0v) is 17.9. The van der Waals surface area contributed by atoms with Crippen LogP contribution in [0.3, 0.4) is 0 Å². The maximum Gasteiger partial charge on any atom is 0.226 e. The summed E-state index contributed by atoms with van der Waals surface area (Å²) in [6.07, 6.45) is 6.11. The van der Waals surface area contributed by atoms with Gasteiger partial charge in [-0.15, -0.1) is 10.2 Å². The van der Waals surface area contributed by atoms with Crippen LogP contribution in [-0.4, -0.2) is 24.7 Å². The molecular formula is C24H21N5OS. The standard InChI is InChI=1S/C24H21N5OS/c1-15-6-8-16(9-7-15)23-26-17(13-30-23)14-31-24-28-27-22(29(24)18-10-11-18)20-12-25-21-5-3-2-4-19(20)21/h2-9,12-13,18,25H,10-11,14H2,1H3. The highest BCUT2D eigenvalue weighted by Crippen LogP contribution is 2.42. The van der Waals surface area contributed by atoms with Gasteiger partial charge in [-0.2, -0.15) is 0 Å². The Labute approximate surface area is 183 Å². The van der Waals surface area contributed by atoms with Crippen LogP contribution in [0.4, 0.5) is 0 Å². The molecule has 31 heavy (non-hydrogen) atoms. The van der Waals surface area contributed by atoms with Gasteiger partial charge in [0.15, 0.2) is 11.0 Å². The molecule has 1 N–H and O–H groups in total. The number of aryl methyl sites for hydroxylation is 1. The molecule has 0 bridgehead atoms. The van der Waals surface area contributed by atoms with E-state index in [1.165, 1.54) is 23.8 Å². The van der Waals surface area contributed by atoms with E-state index in [2.05, 4.69) is 62.0 Å². The van der Waals surface area contributed by atoms with Gasteiger partial charge < -0.3 is 9.40 Å². The van der Waals surface area contributed by atoms with E-state index < -0.39 is 0 Å². The second-order valence-electron chi connectivity index (χ2n) is 7.95. The van der Waals surface area contributed by atoms with Gasteiger partial charge in [0.05, 0.1) is 5.69 Å².